The van der Waals surface area contributed by atoms with Crippen molar-refractivity contribution in [3.8, 4) is 10.6 Å². The molecule has 0 aliphatic heterocycles. The predicted octanol–water partition coefficient (Wildman–Crippen LogP) is 4.00. The molecular formula is C14H17BrN2S. The molecule has 0 saturated heterocycles. The molecule has 1 aromatic heterocycles. The van der Waals surface area contributed by atoms with Crippen molar-refractivity contribution < 1.29 is 0 Å². The summed E-state index contributed by atoms with van der Waals surface area (Å²) in [5.74, 6) is 0. The van der Waals surface area contributed by atoms with E-state index in [9.17, 15) is 0 Å². The Labute approximate surface area is 120 Å². The second-order valence-electron chi connectivity index (χ2n) is 4.53. The number of hydrogen-bond donors (Lipinski definition) is 1. The van der Waals surface area contributed by atoms with Crippen LogP contribution in [0.15, 0.2) is 15.9 Å². The van der Waals surface area contributed by atoms with Gasteiger partial charge in [0.05, 0.1) is 9.48 Å². The van der Waals surface area contributed by atoms with Gasteiger partial charge in [0, 0.05) is 12.0 Å². The molecule has 0 bridgehead atoms. The van der Waals surface area contributed by atoms with Crippen molar-refractivity contribution in [1.29, 1.82) is 0 Å². The number of aryl methyl sites for hydroxylation is 3. The summed E-state index contributed by atoms with van der Waals surface area (Å²) in [6, 6.07) is 4.45. The third-order valence-electron chi connectivity index (χ3n) is 3.10. The molecule has 0 saturated carbocycles. The SMILES string of the molecule is Cc1cc(C)c(-c2nc(CCN)c(Br)s2)cc1C. The number of aromatic nitrogens is 1. The third kappa shape index (κ3) is 2.66. The Morgan fingerprint density at radius 2 is 1.83 bits per heavy atom. The van der Waals surface area contributed by atoms with Crippen LogP contribution in [0.1, 0.15) is 22.4 Å². The Balaban J connectivity index is 2.48. The highest BCUT2D eigenvalue weighted by molar-refractivity contribution is 9.11. The number of halogens is 1. The van der Waals surface area contributed by atoms with Crippen LogP contribution in [0.5, 0.6) is 0 Å². The lowest BCUT2D eigenvalue weighted by molar-refractivity contribution is 0.931. The number of rotatable bonds is 3. The van der Waals surface area contributed by atoms with Crippen LogP contribution in [0, 0.1) is 20.8 Å². The first-order chi connectivity index (χ1) is 8.52. The molecule has 0 fully saturated rings. The molecule has 0 aliphatic carbocycles. The van der Waals surface area contributed by atoms with Gasteiger partial charge in [0.25, 0.3) is 0 Å². The van der Waals surface area contributed by atoms with Gasteiger partial charge < -0.3 is 5.73 Å². The first-order valence-electron chi connectivity index (χ1n) is 5.96. The summed E-state index contributed by atoms with van der Waals surface area (Å²) in [7, 11) is 0. The summed E-state index contributed by atoms with van der Waals surface area (Å²) in [4.78, 5) is 4.69. The molecule has 0 spiro atoms. The number of thiazole rings is 1. The van der Waals surface area contributed by atoms with Crippen molar-refractivity contribution in [2.75, 3.05) is 6.54 Å². The van der Waals surface area contributed by atoms with Crippen LogP contribution >= 0.6 is 27.3 Å². The van der Waals surface area contributed by atoms with Crippen molar-refractivity contribution in [1.82, 2.24) is 4.98 Å². The van der Waals surface area contributed by atoms with Crippen LogP contribution in [0.2, 0.25) is 0 Å². The zero-order valence-corrected chi connectivity index (χ0v) is 13.3. The molecule has 1 heterocycles. The smallest absolute Gasteiger partial charge is 0.124 e. The Kier molecular flexibility index (Phi) is 4.20. The average molecular weight is 325 g/mol. The van der Waals surface area contributed by atoms with Gasteiger partial charge in [-0.25, -0.2) is 4.98 Å². The first kappa shape index (κ1) is 13.7. The lowest BCUT2D eigenvalue weighted by Crippen LogP contribution is -2.03. The van der Waals surface area contributed by atoms with E-state index in [0.29, 0.717) is 6.54 Å². The van der Waals surface area contributed by atoms with E-state index in [1.165, 1.54) is 22.3 Å². The fourth-order valence-corrected chi connectivity index (χ4v) is 3.60. The molecule has 0 unspecified atom stereocenters. The zero-order chi connectivity index (χ0) is 13.3. The van der Waals surface area contributed by atoms with Crippen LogP contribution in [-0.2, 0) is 6.42 Å². The molecule has 2 aromatic rings. The Morgan fingerprint density at radius 3 is 2.50 bits per heavy atom. The van der Waals surface area contributed by atoms with E-state index in [1.807, 2.05) is 0 Å². The van der Waals surface area contributed by atoms with E-state index in [0.717, 1.165) is 20.9 Å². The summed E-state index contributed by atoms with van der Waals surface area (Å²) in [5, 5.41) is 1.07. The maximum atomic E-state index is 5.60. The van der Waals surface area contributed by atoms with Gasteiger partial charge in [0.1, 0.15) is 5.01 Å². The summed E-state index contributed by atoms with van der Waals surface area (Å²) >= 11 is 5.26. The lowest BCUT2D eigenvalue weighted by Gasteiger charge is -2.07. The van der Waals surface area contributed by atoms with Crippen LogP contribution in [0.3, 0.4) is 0 Å². The minimum Gasteiger partial charge on any atom is -0.330 e. The molecule has 96 valence electrons. The molecule has 0 atom stereocenters. The zero-order valence-electron chi connectivity index (χ0n) is 10.9. The topological polar surface area (TPSA) is 38.9 Å². The summed E-state index contributed by atoms with van der Waals surface area (Å²) in [6.45, 7) is 7.05. The monoisotopic (exact) mass is 324 g/mol. The molecular weight excluding hydrogens is 308 g/mol. The van der Waals surface area contributed by atoms with Gasteiger partial charge in [0.15, 0.2) is 0 Å². The average Bonchev–Trinajstić information content (AvgIpc) is 2.66. The standard InChI is InChI=1S/C14H17BrN2S/c1-8-6-10(3)11(7-9(8)2)14-17-12(4-5-16)13(15)18-14/h6-7H,4-5,16H2,1-3H3. The van der Waals surface area contributed by atoms with Crippen molar-refractivity contribution in [2.45, 2.75) is 27.2 Å². The molecule has 18 heavy (non-hydrogen) atoms. The molecule has 2 rings (SSSR count). The van der Waals surface area contributed by atoms with E-state index in [4.69, 9.17) is 10.7 Å². The van der Waals surface area contributed by atoms with Gasteiger partial charge in [-0.1, -0.05) is 6.07 Å². The largest absolute Gasteiger partial charge is 0.330 e. The minimum absolute atomic E-state index is 0.633. The number of hydrogen-bond acceptors (Lipinski definition) is 3. The molecule has 0 radical (unpaired) electrons. The second-order valence-corrected chi connectivity index (χ2v) is 6.85. The fraction of sp³-hybridized carbons (Fsp3) is 0.357. The number of nitrogens with two attached hydrogens (primary N) is 1. The van der Waals surface area contributed by atoms with Crippen LogP contribution in [-0.4, -0.2) is 11.5 Å². The van der Waals surface area contributed by atoms with E-state index in [1.54, 1.807) is 11.3 Å². The van der Waals surface area contributed by atoms with E-state index < -0.39 is 0 Å². The Morgan fingerprint density at radius 1 is 1.17 bits per heavy atom. The first-order valence-corrected chi connectivity index (χ1v) is 7.57. The number of benzene rings is 1. The molecule has 2 N–H and O–H groups in total. The summed E-state index contributed by atoms with van der Waals surface area (Å²) < 4.78 is 1.10. The van der Waals surface area contributed by atoms with Gasteiger partial charge in [0.2, 0.25) is 0 Å². The highest BCUT2D eigenvalue weighted by atomic mass is 79.9. The van der Waals surface area contributed by atoms with Gasteiger partial charge >= 0.3 is 0 Å². The summed E-state index contributed by atoms with van der Waals surface area (Å²) in [6.07, 6.45) is 0.820. The van der Waals surface area contributed by atoms with E-state index in [2.05, 4.69) is 48.8 Å². The second kappa shape index (κ2) is 5.51. The molecule has 2 nitrogen and oxygen atoms in total. The summed E-state index contributed by atoms with van der Waals surface area (Å²) in [5.41, 5.74) is 11.8. The van der Waals surface area contributed by atoms with Gasteiger partial charge in [-0.15, -0.1) is 11.3 Å². The number of nitrogens with zero attached hydrogens (tertiary/aromatic N) is 1. The highest BCUT2D eigenvalue weighted by Crippen LogP contribution is 2.34. The maximum Gasteiger partial charge on any atom is 0.124 e. The van der Waals surface area contributed by atoms with E-state index in [-0.39, 0.29) is 0 Å². The lowest BCUT2D eigenvalue weighted by atomic mass is 10.0. The predicted molar refractivity (Wildman–Crippen MR) is 82.2 cm³/mol. The maximum absolute atomic E-state index is 5.60. The highest BCUT2D eigenvalue weighted by Gasteiger charge is 2.12. The van der Waals surface area contributed by atoms with Gasteiger partial charge in [-0.05, 0) is 66.0 Å². The minimum atomic E-state index is 0.633. The van der Waals surface area contributed by atoms with Crippen LogP contribution < -0.4 is 5.73 Å². The van der Waals surface area contributed by atoms with E-state index >= 15 is 0 Å². The Hall–Kier alpha value is -0.710. The van der Waals surface area contributed by atoms with Crippen molar-refractivity contribution >= 4 is 27.3 Å². The normalized spacial score (nSPS) is 10.9. The Bertz CT molecular complexity index is 575. The molecule has 4 heteroatoms. The third-order valence-corrected chi connectivity index (χ3v) is 4.96. The van der Waals surface area contributed by atoms with Gasteiger partial charge in [-0.3, -0.25) is 0 Å². The van der Waals surface area contributed by atoms with Crippen molar-refractivity contribution in [2.24, 2.45) is 5.73 Å². The van der Waals surface area contributed by atoms with Crippen LogP contribution in [0.4, 0.5) is 0 Å². The quantitative estimate of drug-likeness (QED) is 0.926. The van der Waals surface area contributed by atoms with Crippen molar-refractivity contribution in [3.63, 3.8) is 0 Å². The van der Waals surface area contributed by atoms with Gasteiger partial charge in [-0.2, -0.15) is 0 Å². The fourth-order valence-electron chi connectivity index (χ4n) is 1.93. The molecule has 0 amide bonds. The van der Waals surface area contributed by atoms with Crippen molar-refractivity contribution in [3.05, 3.63) is 38.3 Å². The molecule has 0 aliphatic rings. The van der Waals surface area contributed by atoms with Crippen LogP contribution in [0.25, 0.3) is 10.6 Å². The molecule has 1 aromatic carbocycles.